The molecule has 5 aromatic rings. The van der Waals surface area contributed by atoms with Crippen LogP contribution in [0, 0.1) is 13.8 Å². The number of imidazole rings is 1. The molecule has 0 saturated carbocycles. The Hall–Kier alpha value is -3.38. The first-order valence-electron chi connectivity index (χ1n) is 8.93. The number of aromatic nitrogens is 3. The lowest BCUT2D eigenvalue weighted by Gasteiger charge is -2.09. The average molecular weight is 387 g/mol. The Balaban J connectivity index is 1.70. The molecular formula is C22H17N3O2S. The van der Waals surface area contributed by atoms with Gasteiger partial charge in [-0.2, -0.15) is 0 Å². The summed E-state index contributed by atoms with van der Waals surface area (Å²) in [5.74, 6) is 0.239. The standard InChI is InChI=1S/C22H17N3O2S/c1-13-11-15(14(2)24(13)16-7-9-17(26)10-8-16)12-20-21(27)25-19-6-4-3-5-18(19)23-22(25)28-20/h3-12,26H,1-2H3/b20-12-. The molecule has 0 amide bonds. The summed E-state index contributed by atoms with van der Waals surface area (Å²) in [6, 6.07) is 16.9. The minimum absolute atomic E-state index is 0.0388. The van der Waals surface area contributed by atoms with E-state index >= 15 is 0 Å². The molecule has 6 heteroatoms. The predicted octanol–water partition coefficient (Wildman–Crippen LogP) is 3.57. The number of phenolic OH excluding ortho intramolecular Hbond substituents is 1. The Bertz CT molecular complexity index is 1460. The summed E-state index contributed by atoms with van der Waals surface area (Å²) in [5, 5.41) is 9.54. The van der Waals surface area contributed by atoms with Gasteiger partial charge in [-0.15, -0.1) is 0 Å². The zero-order valence-electron chi connectivity index (χ0n) is 15.4. The molecule has 0 bridgehead atoms. The highest BCUT2D eigenvalue weighted by Crippen LogP contribution is 2.23. The van der Waals surface area contributed by atoms with Gasteiger partial charge in [-0.1, -0.05) is 23.5 Å². The van der Waals surface area contributed by atoms with Crippen molar-refractivity contribution < 1.29 is 5.11 Å². The highest BCUT2D eigenvalue weighted by atomic mass is 32.1. The molecule has 138 valence electrons. The summed E-state index contributed by atoms with van der Waals surface area (Å²) in [5.41, 5.74) is 5.71. The molecule has 0 aliphatic carbocycles. The van der Waals surface area contributed by atoms with Crippen molar-refractivity contribution in [2.75, 3.05) is 0 Å². The highest BCUT2D eigenvalue weighted by molar-refractivity contribution is 7.15. The van der Waals surface area contributed by atoms with Crippen LogP contribution in [-0.4, -0.2) is 19.1 Å². The van der Waals surface area contributed by atoms with Gasteiger partial charge in [0.1, 0.15) is 5.75 Å². The van der Waals surface area contributed by atoms with Crippen molar-refractivity contribution in [2.24, 2.45) is 0 Å². The maximum absolute atomic E-state index is 13.0. The fraction of sp³-hybridized carbons (Fsp3) is 0.0909. The molecule has 1 N–H and O–H groups in total. The van der Waals surface area contributed by atoms with Gasteiger partial charge in [-0.05, 0) is 68.0 Å². The van der Waals surface area contributed by atoms with Gasteiger partial charge in [-0.25, -0.2) is 9.38 Å². The first-order valence-corrected chi connectivity index (χ1v) is 9.74. The SMILES string of the molecule is Cc1cc(/C=c2\sc3nc4ccccc4n3c2=O)c(C)n1-c1ccc(O)cc1. The minimum atomic E-state index is -0.0388. The van der Waals surface area contributed by atoms with Crippen molar-refractivity contribution in [2.45, 2.75) is 13.8 Å². The van der Waals surface area contributed by atoms with Crippen molar-refractivity contribution in [3.05, 3.63) is 86.4 Å². The predicted molar refractivity (Wildman–Crippen MR) is 113 cm³/mol. The maximum atomic E-state index is 13.0. The third kappa shape index (κ3) is 2.46. The van der Waals surface area contributed by atoms with E-state index < -0.39 is 0 Å². The Morgan fingerprint density at radius 3 is 2.61 bits per heavy atom. The van der Waals surface area contributed by atoms with Crippen LogP contribution in [0.15, 0.2) is 59.4 Å². The van der Waals surface area contributed by atoms with E-state index in [9.17, 15) is 9.90 Å². The summed E-state index contributed by atoms with van der Waals surface area (Å²) < 4.78 is 4.47. The van der Waals surface area contributed by atoms with Crippen molar-refractivity contribution in [3.63, 3.8) is 0 Å². The minimum Gasteiger partial charge on any atom is -0.508 e. The van der Waals surface area contributed by atoms with E-state index in [1.165, 1.54) is 11.3 Å². The van der Waals surface area contributed by atoms with Gasteiger partial charge < -0.3 is 9.67 Å². The number of hydrogen-bond donors (Lipinski definition) is 1. The Morgan fingerprint density at radius 2 is 1.82 bits per heavy atom. The van der Waals surface area contributed by atoms with E-state index in [2.05, 4.69) is 15.6 Å². The monoisotopic (exact) mass is 387 g/mol. The third-order valence-electron chi connectivity index (χ3n) is 5.01. The molecule has 0 fully saturated rings. The van der Waals surface area contributed by atoms with Gasteiger partial charge in [0.25, 0.3) is 5.56 Å². The maximum Gasteiger partial charge on any atom is 0.274 e. The van der Waals surface area contributed by atoms with Crippen molar-refractivity contribution in [1.29, 1.82) is 0 Å². The van der Waals surface area contributed by atoms with E-state index in [4.69, 9.17) is 0 Å². The molecule has 0 aliphatic heterocycles. The van der Waals surface area contributed by atoms with Gasteiger partial charge in [0, 0.05) is 17.1 Å². The molecule has 0 atom stereocenters. The molecule has 3 heterocycles. The normalized spacial score (nSPS) is 12.4. The second-order valence-electron chi connectivity index (χ2n) is 6.81. The van der Waals surface area contributed by atoms with Crippen molar-refractivity contribution in [3.8, 4) is 11.4 Å². The zero-order valence-corrected chi connectivity index (χ0v) is 16.2. The van der Waals surface area contributed by atoms with Crippen molar-refractivity contribution >= 4 is 33.4 Å². The van der Waals surface area contributed by atoms with E-state index in [1.807, 2.05) is 56.3 Å². The van der Waals surface area contributed by atoms with Crippen LogP contribution in [0.3, 0.4) is 0 Å². The highest BCUT2D eigenvalue weighted by Gasteiger charge is 2.13. The summed E-state index contributed by atoms with van der Waals surface area (Å²) in [4.78, 5) is 18.3. The second-order valence-corrected chi connectivity index (χ2v) is 7.82. The molecule has 2 aromatic carbocycles. The lowest BCUT2D eigenvalue weighted by atomic mass is 10.2. The van der Waals surface area contributed by atoms with Crippen LogP contribution in [0.2, 0.25) is 0 Å². The molecule has 0 unspecified atom stereocenters. The molecule has 5 nitrogen and oxygen atoms in total. The number of benzene rings is 2. The van der Waals surface area contributed by atoms with Gasteiger partial charge in [0.15, 0.2) is 4.96 Å². The third-order valence-corrected chi connectivity index (χ3v) is 5.98. The molecule has 0 radical (unpaired) electrons. The molecule has 0 spiro atoms. The largest absolute Gasteiger partial charge is 0.508 e. The van der Waals surface area contributed by atoms with Crippen LogP contribution in [0.4, 0.5) is 0 Å². The fourth-order valence-electron chi connectivity index (χ4n) is 3.69. The van der Waals surface area contributed by atoms with E-state index in [1.54, 1.807) is 16.5 Å². The Morgan fingerprint density at radius 1 is 1.07 bits per heavy atom. The van der Waals surface area contributed by atoms with E-state index in [0.717, 1.165) is 33.7 Å². The number of para-hydroxylation sites is 2. The number of hydrogen-bond acceptors (Lipinski definition) is 4. The van der Waals surface area contributed by atoms with Crippen LogP contribution < -0.4 is 10.1 Å². The van der Waals surface area contributed by atoms with Gasteiger partial charge in [0.2, 0.25) is 0 Å². The molecule has 28 heavy (non-hydrogen) atoms. The molecule has 0 aliphatic rings. The lowest BCUT2D eigenvalue weighted by molar-refractivity contribution is 0.475. The number of nitrogens with zero attached hydrogens (tertiary/aromatic N) is 3. The smallest absolute Gasteiger partial charge is 0.274 e. The number of thiazole rings is 1. The summed E-state index contributed by atoms with van der Waals surface area (Å²) in [6.45, 7) is 4.06. The summed E-state index contributed by atoms with van der Waals surface area (Å²) >= 11 is 1.41. The first kappa shape index (κ1) is 16.8. The number of fused-ring (bicyclic) bond motifs is 3. The van der Waals surface area contributed by atoms with E-state index in [0.29, 0.717) is 9.49 Å². The molecule has 5 rings (SSSR count). The Kier molecular flexibility index (Phi) is 3.64. The lowest BCUT2D eigenvalue weighted by Crippen LogP contribution is -2.22. The number of rotatable bonds is 2. The van der Waals surface area contributed by atoms with Gasteiger partial charge in [0.05, 0.1) is 15.6 Å². The average Bonchev–Trinajstić information content (AvgIpc) is 3.28. The number of aryl methyl sites for hydroxylation is 1. The number of phenols is 1. The molecular weight excluding hydrogens is 370 g/mol. The first-order chi connectivity index (χ1) is 13.5. The van der Waals surface area contributed by atoms with Crippen LogP contribution in [0.25, 0.3) is 27.8 Å². The Labute approximate surface area is 164 Å². The summed E-state index contributed by atoms with van der Waals surface area (Å²) in [6.07, 6.45) is 1.94. The van der Waals surface area contributed by atoms with E-state index in [-0.39, 0.29) is 11.3 Å². The summed E-state index contributed by atoms with van der Waals surface area (Å²) in [7, 11) is 0. The van der Waals surface area contributed by atoms with Crippen LogP contribution >= 0.6 is 11.3 Å². The van der Waals surface area contributed by atoms with Gasteiger partial charge in [-0.3, -0.25) is 4.79 Å². The van der Waals surface area contributed by atoms with Gasteiger partial charge >= 0.3 is 0 Å². The quantitative estimate of drug-likeness (QED) is 0.504. The zero-order chi connectivity index (χ0) is 19.4. The molecule has 3 aromatic heterocycles. The topological polar surface area (TPSA) is 59.5 Å². The molecule has 0 saturated heterocycles. The number of aromatic hydroxyl groups is 1. The second kappa shape index (κ2) is 6.07. The fourth-order valence-corrected chi connectivity index (χ4v) is 4.66. The van der Waals surface area contributed by atoms with Crippen LogP contribution in [-0.2, 0) is 0 Å². The van der Waals surface area contributed by atoms with Crippen molar-refractivity contribution in [1.82, 2.24) is 14.0 Å². The van der Waals surface area contributed by atoms with Crippen LogP contribution in [0.5, 0.6) is 5.75 Å². The van der Waals surface area contributed by atoms with Crippen LogP contribution in [0.1, 0.15) is 17.0 Å².